The van der Waals surface area contributed by atoms with E-state index in [1.165, 1.54) is 6.08 Å². The van der Waals surface area contributed by atoms with Crippen molar-refractivity contribution in [1.82, 2.24) is 19.9 Å². The molecule has 0 aliphatic carbocycles. The van der Waals surface area contributed by atoms with Gasteiger partial charge in [-0.2, -0.15) is 0 Å². The number of H-pyrrole nitrogens is 1. The Hall–Kier alpha value is -3.75. The number of hydrogen-bond acceptors (Lipinski definition) is 6. The number of aromatic nitrogens is 4. The number of amides is 1. The van der Waals surface area contributed by atoms with Gasteiger partial charge in [-0.15, -0.1) is 0 Å². The van der Waals surface area contributed by atoms with E-state index in [4.69, 9.17) is 16.3 Å². The summed E-state index contributed by atoms with van der Waals surface area (Å²) in [4.78, 5) is 31.1. The van der Waals surface area contributed by atoms with Gasteiger partial charge in [0.2, 0.25) is 11.9 Å². The van der Waals surface area contributed by atoms with Gasteiger partial charge in [0.05, 0.1) is 23.9 Å². The Morgan fingerprint density at radius 1 is 1.18 bits per heavy atom. The van der Waals surface area contributed by atoms with Crippen molar-refractivity contribution in [2.45, 2.75) is 6.92 Å². The second-order valence-electron chi connectivity index (χ2n) is 7.99. The van der Waals surface area contributed by atoms with Crippen molar-refractivity contribution in [3.05, 3.63) is 66.1 Å². The lowest BCUT2D eigenvalue weighted by Gasteiger charge is -2.26. The first-order chi connectivity index (χ1) is 16.5. The first-order valence-electron chi connectivity index (χ1n) is 10.9. The van der Waals surface area contributed by atoms with Crippen LogP contribution in [0.25, 0.3) is 33.4 Å². The summed E-state index contributed by atoms with van der Waals surface area (Å²) < 4.78 is 5.42. The summed E-state index contributed by atoms with van der Waals surface area (Å²) in [6, 6.07) is 7.64. The normalized spacial score (nSPS) is 13.8. The maximum Gasteiger partial charge on any atom is 0.247 e. The lowest BCUT2D eigenvalue weighted by molar-refractivity contribution is -0.111. The summed E-state index contributed by atoms with van der Waals surface area (Å²) >= 11 is 6.62. The monoisotopic (exact) mass is 474 g/mol. The van der Waals surface area contributed by atoms with Crippen LogP contribution >= 0.6 is 11.6 Å². The van der Waals surface area contributed by atoms with E-state index in [1.54, 1.807) is 24.7 Å². The SMILES string of the molecule is C=CC(=O)Nc1cc(-c2c(-c3cnc(N4CCOCC4)nc3)[nH]c3nccc(Cl)c23)ccc1C. The lowest BCUT2D eigenvalue weighted by Crippen LogP contribution is -2.37. The van der Waals surface area contributed by atoms with Crippen LogP contribution in [0.1, 0.15) is 5.56 Å². The van der Waals surface area contributed by atoms with Crippen molar-refractivity contribution in [3.63, 3.8) is 0 Å². The van der Waals surface area contributed by atoms with Gasteiger partial charge in [-0.3, -0.25) is 4.79 Å². The van der Waals surface area contributed by atoms with Crippen molar-refractivity contribution in [3.8, 4) is 22.4 Å². The van der Waals surface area contributed by atoms with Gasteiger partial charge in [-0.1, -0.05) is 30.3 Å². The smallest absolute Gasteiger partial charge is 0.247 e. The molecule has 0 bridgehead atoms. The number of hydrogen-bond donors (Lipinski definition) is 2. The molecule has 1 aliphatic rings. The van der Waals surface area contributed by atoms with E-state index in [0.717, 1.165) is 46.4 Å². The molecule has 1 aromatic carbocycles. The zero-order valence-electron chi connectivity index (χ0n) is 18.6. The van der Waals surface area contributed by atoms with E-state index in [1.807, 2.05) is 25.1 Å². The summed E-state index contributed by atoms with van der Waals surface area (Å²) in [5.74, 6) is 0.400. The molecule has 34 heavy (non-hydrogen) atoms. The zero-order chi connectivity index (χ0) is 23.7. The summed E-state index contributed by atoms with van der Waals surface area (Å²) in [6.45, 7) is 8.33. The highest BCUT2D eigenvalue weighted by atomic mass is 35.5. The van der Waals surface area contributed by atoms with E-state index in [0.29, 0.717) is 35.5 Å². The molecule has 0 unspecified atom stereocenters. The topological polar surface area (TPSA) is 96.0 Å². The molecule has 5 rings (SSSR count). The van der Waals surface area contributed by atoms with Gasteiger partial charge >= 0.3 is 0 Å². The molecule has 4 aromatic rings. The Morgan fingerprint density at radius 3 is 2.68 bits per heavy atom. The number of anilines is 2. The van der Waals surface area contributed by atoms with Crippen LogP contribution < -0.4 is 10.2 Å². The molecule has 0 saturated carbocycles. The molecule has 172 valence electrons. The molecular formula is C25H23ClN6O2. The van der Waals surface area contributed by atoms with E-state index < -0.39 is 0 Å². The number of halogens is 1. The van der Waals surface area contributed by atoms with Crippen LogP contribution in [0, 0.1) is 6.92 Å². The Morgan fingerprint density at radius 2 is 1.94 bits per heavy atom. The molecule has 9 heteroatoms. The number of morpholine rings is 1. The molecule has 1 aliphatic heterocycles. The quantitative estimate of drug-likeness (QED) is 0.410. The molecule has 0 atom stereocenters. The number of aryl methyl sites for hydroxylation is 1. The van der Waals surface area contributed by atoms with Crippen LogP contribution in [0.3, 0.4) is 0 Å². The van der Waals surface area contributed by atoms with Crippen molar-refractivity contribution in [1.29, 1.82) is 0 Å². The summed E-state index contributed by atoms with van der Waals surface area (Å²) in [7, 11) is 0. The molecule has 8 nitrogen and oxygen atoms in total. The summed E-state index contributed by atoms with van der Waals surface area (Å²) in [5, 5.41) is 4.24. The third kappa shape index (κ3) is 4.13. The number of pyridine rings is 1. The molecule has 0 radical (unpaired) electrons. The third-order valence-corrected chi connectivity index (χ3v) is 6.15. The predicted molar refractivity (Wildman–Crippen MR) is 134 cm³/mol. The number of carbonyl (C=O) groups is 1. The summed E-state index contributed by atoms with van der Waals surface area (Å²) in [6.07, 6.45) is 6.51. The fraction of sp³-hybridized carbons (Fsp3) is 0.200. The van der Waals surface area contributed by atoms with Crippen molar-refractivity contribution in [2.24, 2.45) is 0 Å². The molecule has 1 fully saturated rings. The highest BCUT2D eigenvalue weighted by Gasteiger charge is 2.21. The molecule has 2 N–H and O–H groups in total. The number of nitrogens with one attached hydrogen (secondary N) is 2. The van der Waals surface area contributed by atoms with Crippen molar-refractivity contribution in [2.75, 3.05) is 36.5 Å². The minimum atomic E-state index is -0.272. The van der Waals surface area contributed by atoms with Crippen LogP contribution in [0.2, 0.25) is 5.02 Å². The fourth-order valence-corrected chi connectivity index (χ4v) is 4.30. The average molecular weight is 475 g/mol. The fourth-order valence-electron chi connectivity index (χ4n) is 4.05. The molecule has 1 saturated heterocycles. The van der Waals surface area contributed by atoms with Gasteiger partial charge in [-0.05, 0) is 36.3 Å². The van der Waals surface area contributed by atoms with Crippen molar-refractivity contribution < 1.29 is 9.53 Å². The molecule has 4 heterocycles. The molecule has 3 aromatic heterocycles. The van der Waals surface area contributed by atoms with Crippen LogP contribution in [-0.4, -0.2) is 52.1 Å². The summed E-state index contributed by atoms with van der Waals surface area (Å²) in [5.41, 5.74) is 5.63. The molecule has 0 spiro atoms. The highest BCUT2D eigenvalue weighted by Crippen LogP contribution is 2.41. The van der Waals surface area contributed by atoms with E-state index >= 15 is 0 Å². The minimum Gasteiger partial charge on any atom is -0.378 e. The van der Waals surface area contributed by atoms with Gasteiger partial charge in [0.15, 0.2) is 0 Å². The number of aromatic amines is 1. The number of nitrogens with zero attached hydrogens (tertiary/aromatic N) is 4. The maximum absolute atomic E-state index is 12.0. The Kier molecular flexibility index (Phi) is 6.00. The van der Waals surface area contributed by atoms with Gasteiger partial charge < -0.3 is 19.9 Å². The maximum atomic E-state index is 12.0. The second kappa shape index (κ2) is 9.24. The van der Waals surface area contributed by atoms with Crippen molar-refractivity contribution >= 4 is 40.2 Å². The molecule has 1 amide bonds. The van der Waals surface area contributed by atoms with E-state index in [2.05, 4.69) is 36.7 Å². The molecular weight excluding hydrogens is 452 g/mol. The average Bonchev–Trinajstić information content (AvgIpc) is 3.27. The number of fused-ring (bicyclic) bond motifs is 1. The van der Waals surface area contributed by atoms with Gasteiger partial charge in [0.25, 0.3) is 0 Å². The van der Waals surface area contributed by atoms with E-state index in [-0.39, 0.29) is 5.91 Å². The minimum absolute atomic E-state index is 0.272. The van der Waals surface area contributed by atoms with Gasteiger partial charge in [0, 0.05) is 53.9 Å². The van der Waals surface area contributed by atoms with Gasteiger partial charge in [0.1, 0.15) is 5.65 Å². The number of rotatable bonds is 5. The Balaban J connectivity index is 1.63. The predicted octanol–water partition coefficient (Wildman–Crippen LogP) is 4.61. The highest BCUT2D eigenvalue weighted by molar-refractivity contribution is 6.36. The van der Waals surface area contributed by atoms with Crippen LogP contribution in [-0.2, 0) is 9.53 Å². The van der Waals surface area contributed by atoms with Gasteiger partial charge in [-0.25, -0.2) is 15.0 Å². The zero-order valence-corrected chi connectivity index (χ0v) is 19.4. The second-order valence-corrected chi connectivity index (χ2v) is 8.39. The lowest BCUT2D eigenvalue weighted by atomic mass is 9.98. The number of benzene rings is 1. The van der Waals surface area contributed by atoms with Crippen LogP contribution in [0.4, 0.5) is 11.6 Å². The number of carbonyl (C=O) groups excluding carboxylic acids is 1. The Labute approximate surface area is 201 Å². The third-order valence-electron chi connectivity index (χ3n) is 5.83. The Bertz CT molecular complexity index is 1380. The number of ether oxygens (including phenoxy) is 1. The first kappa shape index (κ1) is 22.1. The van der Waals surface area contributed by atoms with Crippen LogP contribution in [0.15, 0.2) is 55.5 Å². The van der Waals surface area contributed by atoms with Crippen LogP contribution in [0.5, 0.6) is 0 Å². The standard InChI is InChI=1S/C25H23ClN6O2/c1-3-20(33)30-19-12-16(5-4-15(19)2)21-22-18(26)6-7-27-24(22)31-23(21)17-13-28-25(29-14-17)32-8-10-34-11-9-32/h3-7,12-14H,1,8-11H2,2H3,(H,27,31)(H,30,33). The first-order valence-corrected chi connectivity index (χ1v) is 11.3. The van der Waals surface area contributed by atoms with E-state index in [9.17, 15) is 4.79 Å². The largest absolute Gasteiger partial charge is 0.378 e.